The Morgan fingerprint density at radius 3 is 2.28 bits per heavy atom. The van der Waals surface area contributed by atoms with Gasteiger partial charge in [-0.05, 0) is 59.8 Å². The highest BCUT2D eigenvalue weighted by atomic mass is 32.2. The van der Waals surface area contributed by atoms with Crippen LogP contribution < -0.4 is 19.5 Å². The van der Waals surface area contributed by atoms with Crippen LogP contribution in [0.15, 0.2) is 56.7 Å². The van der Waals surface area contributed by atoms with Gasteiger partial charge in [-0.25, -0.2) is 0 Å². The van der Waals surface area contributed by atoms with E-state index in [1.165, 1.54) is 45.6 Å². The highest BCUT2D eigenvalue weighted by molar-refractivity contribution is 8.19. The SMILES string of the molecule is COc1ccc(S(=O)(=O)/N=C2\NC(=O)C(=Cc3ccc(OC)c(OC)c3)S2)cc1. The summed E-state index contributed by atoms with van der Waals surface area (Å²) < 4.78 is 44.1. The molecule has 1 aliphatic heterocycles. The van der Waals surface area contributed by atoms with Gasteiger partial charge in [0.25, 0.3) is 15.9 Å². The van der Waals surface area contributed by atoms with Crippen molar-refractivity contribution in [1.29, 1.82) is 0 Å². The van der Waals surface area contributed by atoms with Crippen molar-refractivity contribution in [2.75, 3.05) is 21.3 Å². The van der Waals surface area contributed by atoms with Crippen LogP contribution in [-0.2, 0) is 14.8 Å². The number of thioether (sulfide) groups is 1. The Bertz CT molecular complexity index is 1090. The Morgan fingerprint density at radius 1 is 0.966 bits per heavy atom. The molecule has 2 aromatic carbocycles. The van der Waals surface area contributed by atoms with Crippen LogP contribution in [0.5, 0.6) is 17.2 Å². The highest BCUT2D eigenvalue weighted by Crippen LogP contribution is 2.32. The molecule has 1 saturated heterocycles. The summed E-state index contributed by atoms with van der Waals surface area (Å²) in [6, 6.07) is 11.0. The number of ether oxygens (including phenoxy) is 3. The van der Waals surface area contributed by atoms with Crippen molar-refractivity contribution >= 4 is 38.9 Å². The Balaban J connectivity index is 1.84. The van der Waals surface area contributed by atoms with Gasteiger partial charge in [-0.3, -0.25) is 10.1 Å². The fourth-order valence-corrected chi connectivity index (χ4v) is 4.46. The van der Waals surface area contributed by atoms with Gasteiger partial charge in [-0.1, -0.05) is 6.07 Å². The lowest BCUT2D eigenvalue weighted by atomic mass is 10.2. The van der Waals surface area contributed by atoms with E-state index in [0.29, 0.717) is 27.7 Å². The van der Waals surface area contributed by atoms with E-state index in [2.05, 4.69) is 9.71 Å². The third-order valence-corrected chi connectivity index (χ3v) is 6.23. The van der Waals surface area contributed by atoms with Crippen LogP contribution >= 0.6 is 11.8 Å². The molecular weight excluding hydrogens is 416 g/mol. The topological polar surface area (TPSA) is 103 Å². The number of amides is 1. The average molecular weight is 434 g/mol. The van der Waals surface area contributed by atoms with Crippen LogP contribution in [0.1, 0.15) is 5.56 Å². The summed E-state index contributed by atoms with van der Waals surface area (Å²) in [7, 11) is 0.556. The lowest BCUT2D eigenvalue weighted by Gasteiger charge is -2.07. The molecule has 1 amide bonds. The summed E-state index contributed by atoms with van der Waals surface area (Å²) in [5.41, 5.74) is 0.694. The summed E-state index contributed by atoms with van der Waals surface area (Å²) in [5.74, 6) is 1.17. The van der Waals surface area contributed by atoms with Gasteiger partial charge in [-0.15, -0.1) is 4.40 Å². The molecule has 10 heteroatoms. The second kappa shape index (κ2) is 8.58. The zero-order chi connectivity index (χ0) is 21.0. The first-order valence-corrected chi connectivity index (χ1v) is 10.5. The van der Waals surface area contributed by atoms with Crippen molar-refractivity contribution in [3.8, 4) is 17.2 Å². The molecule has 1 fully saturated rings. The van der Waals surface area contributed by atoms with E-state index in [9.17, 15) is 13.2 Å². The maximum absolute atomic E-state index is 12.5. The first kappa shape index (κ1) is 20.7. The fraction of sp³-hybridized carbons (Fsp3) is 0.158. The number of nitrogens with one attached hydrogen (secondary N) is 1. The molecule has 0 unspecified atom stereocenters. The van der Waals surface area contributed by atoms with E-state index in [0.717, 1.165) is 11.8 Å². The molecule has 8 nitrogen and oxygen atoms in total. The van der Waals surface area contributed by atoms with Crippen LogP contribution in [0.2, 0.25) is 0 Å². The zero-order valence-corrected chi connectivity index (χ0v) is 17.5. The normalized spacial score (nSPS) is 16.7. The van der Waals surface area contributed by atoms with Crippen LogP contribution in [-0.4, -0.2) is 40.8 Å². The van der Waals surface area contributed by atoms with Crippen LogP contribution in [0, 0.1) is 0 Å². The van der Waals surface area contributed by atoms with Gasteiger partial charge in [0.2, 0.25) is 0 Å². The standard InChI is InChI=1S/C19H18N2O6S2/c1-25-13-5-7-14(8-6-13)29(23,24)21-19-20-18(22)17(28-19)11-12-4-9-15(26-2)16(10-12)27-3/h4-11H,1-3H3,(H,20,21,22). The van der Waals surface area contributed by atoms with E-state index in [1.54, 1.807) is 24.3 Å². The Morgan fingerprint density at radius 2 is 1.66 bits per heavy atom. The maximum Gasteiger partial charge on any atom is 0.284 e. The summed E-state index contributed by atoms with van der Waals surface area (Å²) in [4.78, 5) is 12.5. The Hall–Kier alpha value is -2.98. The number of carbonyl (C=O) groups excluding carboxylic acids is 1. The third kappa shape index (κ3) is 4.72. The average Bonchev–Trinajstić information content (AvgIpc) is 3.05. The first-order chi connectivity index (χ1) is 13.9. The molecule has 0 aromatic heterocycles. The van der Waals surface area contributed by atoms with Crippen LogP contribution in [0.25, 0.3) is 6.08 Å². The second-order valence-electron chi connectivity index (χ2n) is 5.73. The van der Waals surface area contributed by atoms with E-state index in [-0.39, 0.29) is 10.1 Å². The maximum atomic E-state index is 12.5. The van der Waals surface area contributed by atoms with Crippen molar-refractivity contribution < 1.29 is 27.4 Å². The summed E-state index contributed by atoms with van der Waals surface area (Å²) in [6.45, 7) is 0. The van der Waals surface area contributed by atoms with Crippen LogP contribution in [0.3, 0.4) is 0 Å². The quantitative estimate of drug-likeness (QED) is 0.697. The summed E-state index contributed by atoms with van der Waals surface area (Å²) in [6.07, 6.45) is 1.62. The molecule has 0 spiro atoms. The zero-order valence-electron chi connectivity index (χ0n) is 15.8. The lowest BCUT2D eigenvalue weighted by Crippen LogP contribution is -2.20. The number of rotatable bonds is 6. The number of carbonyl (C=O) groups is 1. The third-order valence-electron chi connectivity index (χ3n) is 3.92. The molecule has 0 radical (unpaired) electrons. The predicted molar refractivity (Wildman–Crippen MR) is 111 cm³/mol. The van der Waals surface area contributed by atoms with Gasteiger partial charge in [0, 0.05) is 0 Å². The number of benzene rings is 2. The van der Waals surface area contributed by atoms with Gasteiger partial charge in [-0.2, -0.15) is 8.42 Å². The van der Waals surface area contributed by atoms with Crippen molar-refractivity contribution in [1.82, 2.24) is 5.32 Å². The van der Waals surface area contributed by atoms with Gasteiger partial charge < -0.3 is 14.2 Å². The number of sulfonamides is 1. The van der Waals surface area contributed by atoms with Gasteiger partial charge >= 0.3 is 0 Å². The Labute approximate surface area is 172 Å². The van der Waals surface area contributed by atoms with E-state index >= 15 is 0 Å². The van der Waals surface area contributed by atoms with Crippen molar-refractivity contribution in [2.45, 2.75) is 4.90 Å². The molecule has 2 aromatic rings. The van der Waals surface area contributed by atoms with Crippen LogP contribution in [0.4, 0.5) is 0 Å². The Kier molecular flexibility index (Phi) is 6.14. The van der Waals surface area contributed by atoms with Gasteiger partial charge in [0.15, 0.2) is 16.7 Å². The summed E-state index contributed by atoms with van der Waals surface area (Å²) >= 11 is 0.941. The number of amidine groups is 1. The minimum absolute atomic E-state index is 0.00188. The molecule has 152 valence electrons. The monoisotopic (exact) mass is 434 g/mol. The molecular formula is C19H18N2O6S2. The molecule has 0 saturated carbocycles. The first-order valence-electron chi connectivity index (χ1n) is 8.28. The van der Waals surface area contributed by atoms with E-state index in [4.69, 9.17) is 14.2 Å². The predicted octanol–water partition coefficient (Wildman–Crippen LogP) is 2.66. The molecule has 3 rings (SSSR count). The van der Waals surface area contributed by atoms with Gasteiger partial charge in [0.1, 0.15) is 5.75 Å². The molecule has 0 bridgehead atoms. The van der Waals surface area contributed by atoms with Crippen molar-refractivity contribution in [2.24, 2.45) is 4.40 Å². The lowest BCUT2D eigenvalue weighted by molar-refractivity contribution is -0.115. The number of methoxy groups -OCH3 is 3. The minimum Gasteiger partial charge on any atom is -0.497 e. The molecule has 1 N–H and O–H groups in total. The van der Waals surface area contributed by atoms with Gasteiger partial charge in [0.05, 0.1) is 31.1 Å². The second-order valence-corrected chi connectivity index (χ2v) is 8.36. The molecule has 1 heterocycles. The highest BCUT2D eigenvalue weighted by Gasteiger charge is 2.26. The molecule has 1 aliphatic rings. The molecule has 0 atom stereocenters. The summed E-state index contributed by atoms with van der Waals surface area (Å²) in [5, 5.41) is 2.45. The largest absolute Gasteiger partial charge is 0.497 e. The van der Waals surface area contributed by atoms with Crippen molar-refractivity contribution in [3.63, 3.8) is 0 Å². The smallest absolute Gasteiger partial charge is 0.284 e. The molecule has 29 heavy (non-hydrogen) atoms. The number of hydrogen-bond acceptors (Lipinski definition) is 7. The van der Waals surface area contributed by atoms with E-state index < -0.39 is 15.9 Å². The number of nitrogens with zero attached hydrogens (tertiary/aromatic N) is 1. The van der Waals surface area contributed by atoms with E-state index in [1.807, 2.05) is 0 Å². The minimum atomic E-state index is -3.97. The molecule has 0 aliphatic carbocycles. The fourth-order valence-electron chi connectivity index (χ4n) is 2.47. The number of hydrogen-bond donors (Lipinski definition) is 1. The van der Waals surface area contributed by atoms with Crippen molar-refractivity contribution in [3.05, 3.63) is 52.9 Å².